The number of rotatable bonds is 75. The molecule has 0 saturated heterocycles. The third-order valence-electron chi connectivity index (χ3n) is 16.6. The lowest BCUT2D eigenvalue weighted by Crippen LogP contribution is -2.30. The van der Waals surface area contributed by atoms with E-state index in [1.165, 1.54) is 64.2 Å². The van der Waals surface area contributed by atoms with Gasteiger partial charge in [0, 0.05) is 25.7 Å². The number of aliphatic hydroxyl groups is 1. The summed E-state index contributed by atoms with van der Waals surface area (Å²) in [4.78, 5) is 73.1. The van der Waals surface area contributed by atoms with Crippen LogP contribution in [-0.4, -0.2) is 96.7 Å². The molecule has 3 N–H and O–H groups in total. The van der Waals surface area contributed by atoms with Crippen molar-refractivity contribution in [3.63, 3.8) is 0 Å². The van der Waals surface area contributed by atoms with Crippen LogP contribution < -0.4 is 0 Å². The Labute approximate surface area is 631 Å². The monoisotopic (exact) mass is 1500 g/mol. The summed E-state index contributed by atoms with van der Waals surface area (Å²) in [5, 5.41) is 10.6. The summed E-state index contributed by atoms with van der Waals surface area (Å²) in [5.41, 5.74) is 0. The number of allylic oxidation sites excluding steroid dienone is 22. The van der Waals surface area contributed by atoms with Crippen LogP contribution in [-0.2, 0) is 65.4 Å². The third-order valence-corrected chi connectivity index (χ3v) is 18.5. The summed E-state index contributed by atoms with van der Waals surface area (Å²) in [6.45, 7) is 4.49. The van der Waals surface area contributed by atoms with Gasteiger partial charge in [0.1, 0.15) is 19.3 Å². The summed E-state index contributed by atoms with van der Waals surface area (Å²) in [7, 11) is -9.98. The topological polar surface area (TPSA) is 237 Å². The van der Waals surface area contributed by atoms with Crippen molar-refractivity contribution in [1.82, 2.24) is 0 Å². The summed E-state index contributed by atoms with van der Waals surface area (Å²) in [6.07, 6.45) is 85.7. The number of carbonyl (C=O) groups is 4. The number of phosphoric acid groups is 2. The lowest BCUT2D eigenvalue weighted by atomic mass is 10.0. The van der Waals surface area contributed by atoms with Gasteiger partial charge in [-0.3, -0.25) is 37.3 Å². The molecule has 0 heterocycles. The smallest absolute Gasteiger partial charge is 0.462 e. The molecule has 5 unspecified atom stereocenters. The molecule has 596 valence electrons. The highest BCUT2D eigenvalue weighted by molar-refractivity contribution is 7.47. The fourth-order valence-corrected chi connectivity index (χ4v) is 12.1. The van der Waals surface area contributed by atoms with Crippen LogP contribution in [0.4, 0.5) is 0 Å². The molecular formula is C85H144O17P2. The van der Waals surface area contributed by atoms with E-state index < -0.39 is 97.5 Å². The van der Waals surface area contributed by atoms with Gasteiger partial charge in [0.2, 0.25) is 0 Å². The molecule has 0 saturated carbocycles. The number of unbranched alkanes of at least 4 members (excludes halogenated alkanes) is 27. The molecule has 0 rings (SSSR count). The normalized spacial score (nSPS) is 14.6. The van der Waals surface area contributed by atoms with E-state index in [1.54, 1.807) is 0 Å². The molecule has 104 heavy (non-hydrogen) atoms. The first kappa shape index (κ1) is 99.2. The molecule has 0 aliphatic rings. The van der Waals surface area contributed by atoms with Crippen molar-refractivity contribution in [2.45, 2.75) is 341 Å². The van der Waals surface area contributed by atoms with Crippen molar-refractivity contribution < 1.29 is 80.2 Å². The second-order valence-electron chi connectivity index (χ2n) is 26.6. The Bertz CT molecular complexity index is 2490. The second kappa shape index (κ2) is 76.4. The average molecular weight is 1500 g/mol. The van der Waals surface area contributed by atoms with Gasteiger partial charge in [-0.05, 0) is 135 Å². The highest BCUT2D eigenvalue weighted by Gasteiger charge is 2.30. The maximum absolute atomic E-state index is 13.1. The molecule has 5 atom stereocenters. The van der Waals surface area contributed by atoms with E-state index in [4.69, 9.17) is 37.0 Å². The predicted molar refractivity (Wildman–Crippen MR) is 427 cm³/mol. The highest BCUT2D eigenvalue weighted by atomic mass is 31.2. The van der Waals surface area contributed by atoms with E-state index >= 15 is 0 Å². The van der Waals surface area contributed by atoms with Crippen LogP contribution in [0.25, 0.3) is 0 Å². The molecule has 0 aromatic rings. The number of phosphoric ester groups is 2. The minimum absolute atomic E-state index is 0.0684. The molecule has 0 aromatic heterocycles. The van der Waals surface area contributed by atoms with Gasteiger partial charge in [-0.15, -0.1) is 0 Å². The van der Waals surface area contributed by atoms with Gasteiger partial charge in [-0.1, -0.05) is 296 Å². The first-order chi connectivity index (χ1) is 50.7. The molecular weight excluding hydrogens is 1350 g/mol. The van der Waals surface area contributed by atoms with Crippen molar-refractivity contribution in [1.29, 1.82) is 0 Å². The molecule has 0 aromatic carbocycles. The number of hydrogen-bond acceptors (Lipinski definition) is 15. The van der Waals surface area contributed by atoms with Crippen LogP contribution >= 0.6 is 15.6 Å². The van der Waals surface area contributed by atoms with Gasteiger partial charge in [-0.25, -0.2) is 9.13 Å². The summed E-state index contributed by atoms with van der Waals surface area (Å²) in [5.74, 6) is -2.24. The minimum Gasteiger partial charge on any atom is -0.462 e. The van der Waals surface area contributed by atoms with Gasteiger partial charge < -0.3 is 33.8 Å². The molecule has 17 nitrogen and oxygen atoms in total. The molecule has 0 fully saturated rings. The van der Waals surface area contributed by atoms with Gasteiger partial charge in [0.25, 0.3) is 0 Å². The largest absolute Gasteiger partial charge is 0.472 e. The molecule has 0 aliphatic carbocycles. The lowest BCUT2D eigenvalue weighted by Gasteiger charge is -2.21. The maximum Gasteiger partial charge on any atom is 0.472 e. The summed E-state index contributed by atoms with van der Waals surface area (Å²) < 4.78 is 68.6. The number of carbonyl (C=O) groups excluding carboxylic acids is 4. The van der Waals surface area contributed by atoms with E-state index in [9.17, 15) is 43.2 Å². The Balaban J connectivity index is 5.41. The van der Waals surface area contributed by atoms with Gasteiger partial charge in [0.15, 0.2) is 12.2 Å². The molecule has 0 bridgehead atoms. The maximum atomic E-state index is 13.1. The fourth-order valence-electron chi connectivity index (χ4n) is 10.6. The van der Waals surface area contributed by atoms with E-state index in [0.29, 0.717) is 25.7 Å². The Hall–Kier alpha value is -4.80. The van der Waals surface area contributed by atoms with Gasteiger partial charge >= 0.3 is 39.5 Å². The number of hydrogen-bond donors (Lipinski definition) is 3. The van der Waals surface area contributed by atoms with Crippen LogP contribution in [0.2, 0.25) is 0 Å². The van der Waals surface area contributed by atoms with Crippen molar-refractivity contribution in [3.8, 4) is 0 Å². The van der Waals surface area contributed by atoms with Gasteiger partial charge in [-0.2, -0.15) is 0 Å². The summed E-state index contributed by atoms with van der Waals surface area (Å²) in [6, 6.07) is 0. The number of aliphatic hydroxyl groups excluding tert-OH is 1. The highest BCUT2D eigenvalue weighted by Crippen LogP contribution is 2.45. The molecule has 0 amide bonds. The SMILES string of the molecule is CC/C=C\C/C=C\C/C=C\C/C=C\C/C=C\CCCCCC(=O)OCC(COP(=O)(O)OCC(O)COP(=O)(O)OCC(COC(=O)CCCCCCC/C=C\C/C=C\C/C=C\CC)OC(=O)CCCCCCC/C=C\C/C=C\C/C=C\CC)OC(=O)CCCCCCCCCCCCCCCCC. The van der Waals surface area contributed by atoms with Crippen LogP contribution in [0.1, 0.15) is 323 Å². The van der Waals surface area contributed by atoms with Crippen molar-refractivity contribution in [2.24, 2.45) is 0 Å². The van der Waals surface area contributed by atoms with Gasteiger partial charge in [0.05, 0.1) is 26.4 Å². The standard InChI is InChI=1S/C85H144O17P2/c1-5-9-13-17-21-25-29-33-37-38-39-40-44-46-50-54-58-62-66-70-83(88)96-76-81(102-85(90)72-68-64-60-56-52-48-43-36-32-28-24-20-16-12-8-4)78-100-104(93,94)98-74-79(86)73-97-103(91,92)99-77-80(101-84(89)71-67-63-59-55-51-47-42-35-31-27-23-19-15-11-7-3)75-95-82(87)69-65-61-57-53-49-45-41-34-30-26-22-18-14-10-6-2/h9-11,13-15,21-23,25-27,33-35,37,39-42,46,50,79-81,86H,5-8,12,16-20,24,28-32,36,38,43-45,47-49,51-78H2,1-4H3,(H,91,92)(H,93,94)/b13-9-,14-10-,15-11-,25-21-,26-22-,27-23-,37-33-,40-39-,41-34-,42-35-,50-46-. The van der Waals surface area contributed by atoms with Crippen LogP contribution in [0.15, 0.2) is 134 Å². The first-order valence-electron chi connectivity index (χ1n) is 40.4. The molecule has 0 aliphatic heterocycles. The summed E-state index contributed by atoms with van der Waals surface area (Å²) >= 11 is 0. The number of ether oxygens (including phenoxy) is 4. The Kier molecular flexibility index (Phi) is 72.9. The van der Waals surface area contributed by atoms with Crippen molar-refractivity contribution >= 4 is 39.5 Å². The third kappa shape index (κ3) is 75.4. The minimum atomic E-state index is -4.99. The van der Waals surface area contributed by atoms with Crippen LogP contribution in [0, 0.1) is 0 Å². The molecule has 0 radical (unpaired) electrons. The fraction of sp³-hybridized carbons (Fsp3) is 0.694. The van der Waals surface area contributed by atoms with E-state index in [-0.39, 0.29) is 25.7 Å². The number of esters is 4. The second-order valence-corrected chi connectivity index (χ2v) is 29.5. The zero-order valence-electron chi connectivity index (χ0n) is 65.2. The predicted octanol–water partition coefficient (Wildman–Crippen LogP) is 23.7. The Morgan fingerprint density at radius 3 is 0.779 bits per heavy atom. The molecule has 19 heteroatoms. The quantitative estimate of drug-likeness (QED) is 0.0169. The van der Waals surface area contributed by atoms with Crippen LogP contribution in [0.3, 0.4) is 0 Å². The zero-order chi connectivity index (χ0) is 76.0. The van der Waals surface area contributed by atoms with Crippen molar-refractivity contribution in [2.75, 3.05) is 39.6 Å². The van der Waals surface area contributed by atoms with E-state index in [0.717, 1.165) is 180 Å². The van der Waals surface area contributed by atoms with E-state index in [1.807, 2.05) is 0 Å². The lowest BCUT2D eigenvalue weighted by molar-refractivity contribution is -0.161. The van der Waals surface area contributed by atoms with E-state index in [2.05, 4.69) is 161 Å². The molecule has 0 spiro atoms. The Morgan fingerprint density at radius 2 is 0.500 bits per heavy atom. The Morgan fingerprint density at radius 1 is 0.279 bits per heavy atom. The van der Waals surface area contributed by atoms with Crippen molar-refractivity contribution in [3.05, 3.63) is 134 Å². The zero-order valence-corrected chi connectivity index (χ0v) is 66.9. The average Bonchev–Trinajstić information content (AvgIpc) is 0.918. The van der Waals surface area contributed by atoms with Crippen LogP contribution in [0.5, 0.6) is 0 Å². The first-order valence-corrected chi connectivity index (χ1v) is 43.4.